The summed E-state index contributed by atoms with van der Waals surface area (Å²) in [6, 6.07) is 6.25. The van der Waals surface area contributed by atoms with Crippen LogP contribution in [0.15, 0.2) is 35.2 Å². The summed E-state index contributed by atoms with van der Waals surface area (Å²) in [4.78, 5) is 50.7. The van der Waals surface area contributed by atoms with Crippen molar-refractivity contribution in [3.63, 3.8) is 0 Å². The molecule has 12 nitrogen and oxygen atoms in total. The quantitative estimate of drug-likeness (QED) is 0.276. The van der Waals surface area contributed by atoms with Crippen molar-refractivity contribution in [1.82, 2.24) is 20.3 Å². The lowest BCUT2D eigenvalue weighted by Gasteiger charge is -2.33. The van der Waals surface area contributed by atoms with Crippen LogP contribution in [0.25, 0.3) is 0 Å². The second-order valence-electron chi connectivity index (χ2n) is 10.9. The number of likely N-dealkylation sites (tertiary alicyclic amines) is 1. The van der Waals surface area contributed by atoms with Gasteiger partial charge in [0.15, 0.2) is 0 Å². The predicted molar refractivity (Wildman–Crippen MR) is 152 cm³/mol. The average Bonchev–Trinajstić information content (AvgIpc) is 2.91. The predicted octanol–water partition coefficient (Wildman–Crippen LogP) is 2.34. The van der Waals surface area contributed by atoms with Crippen molar-refractivity contribution in [2.24, 2.45) is 5.92 Å². The van der Waals surface area contributed by atoms with Gasteiger partial charge in [0.05, 0.1) is 11.5 Å². The molecule has 2 rings (SSSR count). The fraction of sp³-hybridized carbons (Fsp3) is 0.643. The molecule has 3 amide bonds. The summed E-state index contributed by atoms with van der Waals surface area (Å²) in [7, 11) is -4.01. The first-order valence-electron chi connectivity index (χ1n) is 14.1. The first-order valence-corrected chi connectivity index (χ1v) is 15.5. The van der Waals surface area contributed by atoms with Crippen LogP contribution in [0.2, 0.25) is 0 Å². The molecule has 13 heteroatoms. The van der Waals surface area contributed by atoms with Crippen LogP contribution in [0.4, 0.5) is 4.79 Å². The van der Waals surface area contributed by atoms with Gasteiger partial charge in [-0.3, -0.25) is 14.4 Å². The molecule has 1 fully saturated rings. The highest BCUT2D eigenvalue weighted by Gasteiger charge is 2.28. The van der Waals surface area contributed by atoms with Gasteiger partial charge in [-0.1, -0.05) is 18.2 Å². The van der Waals surface area contributed by atoms with Crippen LogP contribution in [-0.2, 0) is 33.9 Å². The van der Waals surface area contributed by atoms with Crippen molar-refractivity contribution in [1.29, 1.82) is 0 Å². The van der Waals surface area contributed by atoms with Crippen LogP contribution in [0, 0.1) is 5.92 Å². The van der Waals surface area contributed by atoms with Gasteiger partial charge in [-0.25, -0.2) is 13.2 Å². The van der Waals surface area contributed by atoms with E-state index in [0.717, 1.165) is 19.3 Å². The van der Waals surface area contributed by atoms with Gasteiger partial charge in [0.1, 0.15) is 11.6 Å². The Morgan fingerprint density at radius 1 is 1.00 bits per heavy atom. The second-order valence-corrected chi connectivity index (χ2v) is 12.7. The van der Waals surface area contributed by atoms with E-state index in [1.807, 2.05) is 20.8 Å². The number of carbonyl (C=O) groups excluding carboxylic acids is 4. The number of amides is 3. The van der Waals surface area contributed by atoms with Gasteiger partial charge in [0, 0.05) is 39.0 Å². The number of rotatable bonds is 14. The summed E-state index contributed by atoms with van der Waals surface area (Å²) in [5.41, 5.74) is -0.518. The second kappa shape index (κ2) is 16.3. The maximum Gasteiger partial charge on any atom is 0.410 e. The number of ether oxygens (including phenoxy) is 2. The third-order valence-corrected chi connectivity index (χ3v) is 7.87. The summed E-state index contributed by atoms with van der Waals surface area (Å²) in [6.07, 6.45) is 3.34. The van der Waals surface area contributed by atoms with Crippen LogP contribution in [0.5, 0.6) is 0 Å². The minimum Gasteiger partial charge on any atom is -0.465 e. The fourth-order valence-corrected chi connectivity index (χ4v) is 5.47. The van der Waals surface area contributed by atoms with Crippen LogP contribution >= 0.6 is 0 Å². The number of hydrogen-bond acceptors (Lipinski definition) is 8. The van der Waals surface area contributed by atoms with Crippen molar-refractivity contribution >= 4 is 33.9 Å². The Kier molecular flexibility index (Phi) is 13.5. The molecule has 1 atom stereocenters. The highest BCUT2D eigenvalue weighted by atomic mass is 32.2. The third-order valence-electron chi connectivity index (χ3n) is 6.38. The lowest BCUT2D eigenvalue weighted by atomic mass is 9.91. The van der Waals surface area contributed by atoms with Gasteiger partial charge in [0.25, 0.3) is 0 Å². The third kappa shape index (κ3) is 12.9. The van der Waals surface area contributed by atoms with E-state index in [2.05, 4.69) is 15.4 Å². The van der Waals surface area contributed by atoms with E-state index < -0.39 is 33.5 Å². The molecule has 0 aromatic heterocycles. The summed E-state index contributed by atoms with van der Waals surface area (Å²) in [6.45, 7) is 8.27. The van der Waals surface area contributed by atoms with Crippen molar-refractivity contribution < 1.29 is 37.1 Å². The van der Waals surface area contributed by atoms with Gasteiger partial charge in [-0.15, -0.1) is 0 Å². The topological polar surface area (TPSA) is 160 Å². The van der Waals surface area contributed by atoms with E-state index >= 15 is 0 Å². The van der Waals surface area contributed by atoms with Crippen LogP contribution in [-0.4, -0.2) is 81.6 Å². The molecule has 1 aliphatic rings. The Labute approximate surface area is 242 Å². The normalized spacial score (nSPS) is 15.1. The average molecular weight is 597 g/mol. The van der Waals surface area contributed by atoms with Crippen molar-refractivity contribution in [3.05, 3.63) is 30.3 Å². The molecule has 1 heterocycles. The maximum absolute atomic E-state index is 12.6. The first-order chi connectivity index (χ1) is 19.3. The molecule has 1 aromatic rings. The van der Waals surface area contributed by atoms with E-state index in [4.69, 9.17) is 9.47 Å². The number of benzene rings is 1. The smallest absolute Gasteiger partial charge is 0.410 e. The number of carbonyl (C=O) groups is 4. The summed E-state index contributed by atoms with van der Waals surface area (Å²) in [5, 5.41) is 5.24. The molecular formula is C28H44N4O8S. The molecule has 1 saturated heterocycles. The largest absolute Gasteiger partial charge is 0.465 e. The number of nitrogens with one attached hydrogen (secondary N) is 3. The van der Waals surface area contributed by atoms with Gasteiger partial charge >= 0.3 is 12.1 Å². The zero-order chi connectivity index (χ0) is 30.5. The van der Waals surface area contributed by atoms with Crippen molar-refractivity contribution in [3.8, 4) is 0 Å². The molecule has 0 bridgehead atoms. The molecule has 1 aliphatic heterocycles. The van der Waals surface area contributed by atoms with Gasteiger partial charge < -0.3 is 25.0 Å². The zero-order valence-electron chi connectivity index (χ0n) is 24.4. The van der Waals surface area contributed by atoms with Crippen LogP contribution < -0.4 is 15.4 Å². The standard InChI is InChI=1S/C28H44N4O8S/c1-5-39-26(35)23(31-41(37,38)22-11-7-6-8-12-22)20-30-25(34)14-17-29-24(33)13-9-10-21-15-18-32(19-16-21)27(36)40-28(2,3)4/h6-8,11-12,21,23,31H,5,9-10,13-20H2,1-4H3,(H,29,33)(H,30,34)/t23-/m0/s1. The highest BCUT2D eigenvalue weighted by Crippen LogP contribution is 2.24. The molecule has 1 aromatic carbocycles. The van der Waals surface area contributed by atoms with E-state index in [-0.39, 0.29) is 43.0 Å². The minimum absolute atomic E-state index is 0.0189. The van der Waals surface area contributed by atoms with E-state index in [1.165, 1.54) is 12.1 Å². The molecule has 3 N–H and O–H groups in total. The molecule has 0 spiro atoms. The van der Waals surface area contributed by atoms with E-state index in [9.17, 15) is 27.6 Å². The molecule has 0 radical (unpaired) electrons. The summed E-state index contributed by atoms with van der Waals surface area (Å²) >= 11 is 0. The van der Waals surface area contributed by atoms with Crippen molar-refractivity contribution in [2.45, 2.75) is 82.8 Å². The van der Waals surface area contributed by atoms with Gasteiger partial charge in [-0.05, 0) is 71.4 Å². The Morgan fingerprint density at radius 3 is 2.24 bits per heavy atom. The molecule has 0 aliphatic carbocycles. The fourth-order valence-electron chi connectivity index (χ4n) is 4.26. The lowest BCUT2D eigenvalue weighted by Crippen LogP contribution is -2.49. The number of hydrogen-bond donors (Lipinski definition) is 3. The van der Waals surface area contributed by atoms with Crippen molar-refractivity contribution in [2.75, 3.05) is 32.8 Å². The van der Waals surface area contributed by atoms with E-state index in [1.54, 1.807) is 30.0 Å². The Bertz CT molecular complexity index is 1110. The zero-order valence-corrected chi connectivity index (χ0v) is 25.3. The number of sulfonamides is 1. The Balaban J connectivity index is 1.66. The molecule has 0 saturated carbocycles. The Hall–Kier alpha value is -3.19. The van der Waals surface area contributed by atoms with Gasteiger partial charge in [-0.2, -0.15) is 4.72 Å². The summed E-state index contributed by atoms with van der Waals surface area (Å²) in [5.74, 6) is -0.977. The maximum atomic E-state index is 12.6. The van der Waals surface area contributed by atoms with Crippen LogP contribution in [0.1, 0.15) is 66.2 Å². The molecule has 41 heavy (non-hydrogen) atoms. The number of nitrogens with zero attached hydrogens (tertiary/aromatic N) is 1. The molecular weight excluding hydrogens is 552 g/mol. The number of esters is 1. The monoisotopic (exact) mass is 596 g/mol. The summed E-state index contributed by atoms with van der Waals surface area (Å²) < 4.78 is 37.9. The first kappa shape index (κ1) is 34.0. The highest BCUT2D eigenvalue weighted by molar-refractivity contribution is 7.89. The van der Waals surface area contributed by atoms with Crippen LogP contribution in [0.3, 0.4) is 0 Å². The minimum atomic E-state index is -4.01. The van der Waals surface area contributed by atoms with E-state index in [0.29, 0.717) is 31.8 Å². The Morgan fingerprint density at radius 2 is 1.63 bits per heavy atom. The molecule has 230 valence electrons. The SMILES string of the molecule is CCOC(=O)[C@H](CNC(=O)CCNC(=O)CCCC1CCN(C(=O)OC(C)(C)C)CC1)NS(=O)(=O)c1ccccc1. The molecule has 0 unspecified atom stereocenters. The lowest BCUT2D eigenvalue weighted by molar-refractivity contribution is -0.145. The number of piperidine rings is 1. The van der Waals surface area contributed by atoms with Gasteiger partial charge in [0.2, 0.25) is 21.8 Å².